The molecule has 0 unspecified atom stereocenters. The van der Waals surface area contributed by atoms with Crippen molar-refractivity contribution in [3.8, 4) is 5.75 Å². The van der Waals surface area contributed by atoms with Gasteiger partial charge >= 0.3 is 0 Å². The van der Waals surface area contributed by atoms with Gasteiger partial charge in [0, 0.05) is 25.2 Å². The molecule has 0 aliphatic carbocycles. The second-order valence-corrected chi connectivity index (χ2v) is 5.72. The molecule has 1 heterocycles. The third kappa shape index (κ3) is 3.20. The lowest BCUT2D eigenvalue weighted by molar-refractivity contribution is 0.0724. The lowest BCUT2D eigenvalue weighted by Crippen LogP contribution is -2.46. The van der Waals surface area contributed by atoms with E-state index in [9.17, 15) is 13.5 Å². The fourth-order valence-electron chi connectivity index (χ4n) is 1.71. The first-order chi connectivity index (χ1) is 8.59. The van der Waals surface area contributed by atoms with Gasteiger partial charge in [0.2, 0.25) is 0 Å². The SMILES string of the molecule is O=S(=O)(NCc1ccccc1O)N1CCOCC1. The number of hydrogen-bond donors (Lipinski definition) is 2. The second-order valence-electron chi connectivity index (χ2n) is 3.97. The van der Waals surface area contributed by atoms with E-state index in [0.717, 1.165) is 0 Å². The van der Waals surface area contributed by atoms with Gasteiger partial charge < -0.3 is 9.84 Å². The zero-order valence-corrected chi connectivity index (χ0v) is 10.7. The molecule has 1 saturated heterocycles. The van der Waals surface area contributed by atoms with Gasteiger partial charge in [-0.25, -0.2) is 0 Å². The Morgan fingerprint density at radius 3 is 2.61 bits per heavy atom. The van der Waals surface area contributed by atoms with E-state index < -0.39 is 10.2 Å². The van der Waals surface area contributed by atoms with Crippen LogP contribution in [0.2, 0.25) is 0 Å². The Labute approximate surface area is 106 Å². The fraction of sp³-hybridized carbons (Fsp3) is 0.455. The minimum absolute atomic E-state index is 0.0758. The minimum Gasteiger partial charge on any atom is -0.508 e. The Balaban J connectivity index is 1.98. The fourth-order valence-corrected chi connectivity index (χ4v) is 2.86. The minimum atomic E-state index is -3.51. The second kappa shape index (κ2) is 5.66. The van der Waals surface area contributed by atoms with Crippen molar-refractivity contribution in [2.75, 3.05) is 26.3 Å². The number of morpholine rings is 1. The predicted molar refractivity (Wildman–Crippen MR) is 66.3 cm³/mol. The highest BCUT2D eigenvalue weighted by Gasteiger charge is 2.23. The molecular weight excluding hydrogens is 256 g/mol. The number of para-hydroxylation sites is 1. The molecule has 2 rings (SSSR count). The molecule has 0 bridgehead atoms. The van der Waals surface area contributed by atoms with Crippen molar-refractivity contribution in [1.82, 2.24) is 9.03 Å². The van der Waals surface area contributed by atoms with Gasteiger partial charge in [0.25, 0.3) is 10.2 Å². The van der Waals surface area contributed by atoms with Crippen LogP contribution in [0, 0.1) is 0 Å². The van der Waals surface area contributed by atoms with Crippen LogP contribution in [0.5, 0.6) is 5.75 Å². The van der Waals surface area contributed by atoms with Gasteiger partial charge in [-0.2, -0.15) is 17.4 Å². The number of hydrogen-bond acceptors (Lipinski definition) is 4. The first kappa shape index (κ1) is 13.3. The number of rotatable bonds is 4. The van der Waals surface area contributed by atoms with Gasteiger partial charge in [0.05, 0.1) is 13.2 Å². The Kier molecular flexibility index (Phi) is 4.18. The molecule has 0 spiro atoms. The normalized spacial score (nSPS) is 17.8. The lowest BCUT2D eigenvalue weighted by Gasteiger charge is -2.26. The standard InChI is InChI=1S/C11H16N2O4S/c14-11-4-2-1-3-10(11)9-12-18(15,16)13-5-7-17-8-6-13/h1-4,12,14H,5-9H2. The summed E-state index contributed by atoms with van der Waals surface area (Å²) < 4.78 is 32.8. The van der Waals surface area contributed by atoms with E-state index >= 15 is 0 Å². The molecule has 1 aliphatic rings. The van der Waals surface area contributed by atoms with E-state index in [1.54, 1.807) is 18.2 Å². The third-order valence-corrected chi connectivity index (χ3v) is 4.30. The molecule has 0 radical (unpaired) electrons. The van der Waals surface area contributed by atoms with Gasteiger partial charge in [-0.1, -0.05) is 18.2 Å². The van der Waals surface area contributed by atoms with Crippen LogP contribution in [-0.2, 0) is 21.5 Å². The number of benzene rings is 1. The Morgan fingerprint density at radius 1 is 1.28 bits per heavy atom. The summed E-state index contributed by atoms with van der Waals surface area (Å²) in [7, 11) is -3.51. The molecule has 0 atom stereocenters. The van der Waals surface area contributed by atoms with Crippen LogP contribution in [0.25, 0.3) is 0 Å². The van der Waals surface area contributed by atoms with Gasteiger partial charge in [-0.3, -0.25) is 0 Å². The van der Waals surface area contributed by atoms with Crippen LogP contribution in [0.4, 0.5) is 0 Å². The topological polar surface area (TPSA) is 78.9 Å². The molecule has 7 heteroatoms. The van der Waals surface area contributed by atoms with Crippen LogP contribution in [0.1, 0.15) is 5.56 Å². The lowest BCUT2D eigenvalue weighted by atomic mass is 10.2. The van der Waals surface area contributed by atoms with E-state index in [2.05, 4.69) is 4.72 Å². The highest BCUT2D eigenvalue weighted by atomic mass is 32.2. The van der Waals surface area contributed by atoms with Crippen LogP contribution >= 0.6 is 0 Å². The van der Waals surface area contributed by atoms with Gasteiger partial charge in [-0.15, -0.1) is 0 Å². The molecule has 0 aromatic heterocycles. The summed E-state index contributed by atoms with van der Waals surface area (Å²) in [6.45, 7) is 1.62. The van der Waals surface area contributed by atoms with Crippen LogP contribution in [0.3, 0.4) is 0 Å². The molecule has 6 nitrogen and oxygen atoms in total. The van der Waals surface area contributed by atoms with Gasteiger partial charge in [0.15, 0.2) is 0 Å². The molecular formula is C11H16N2O4S. The van der Waals surface area contributed by atoms with Crippen molar-refractivity contribution in [1.29, 1.82) is 0 Å². The van der Waals surface area contributed by atoms with E-state index in [4.69, 9.17) is 4.74 Å². The summed E-state index contributed by atoms with van der Waals surface area (Å²) >= 11 is 0. The Morgan fingerprint density at radius 2 is 1.94 bits per heavy atom. The molecule has 18 heavy (non-hydrogen) atoms. The van der Waals surface area contributed by atoms with E-state index in [1.807, 2.05) is 0 Å². The molecule has 1 aliphatic heterocycles. The van der Waals surface area contributed by atoms with E-state index in [-0.39, 0.29) is 12.3 Å². The maximum absolute atomic E-state index is 11.9. The quantitative estimate of drug-likeness (QED) is 0.812. The molecule has 0 amide bonds. The molecule has 0 saturated carbocycles. The Bertz CT molecular complexity index is 498. The molecule has 100 valence electrons. The van der Waals surface area contributed by atoms with Crippen LogP contribution in [0.15, 0.2) is 24.3 Å². The number of nitrogens with zero attached hydrogens (tertiary/aromatic N) is 1. The summed E-state index contributed by atoms with van der Waals surface area (Å²) in [4.78, 5) is 0. The number of phenolic OH excluding ortho intramolecular Hbond substituents is 1. The van der Waals surface area contributed by atoms with Crippen molar-refractivity contribution in [2.45, 2.75) is 6.54 Å². The van der Waals surface area contributed by atoms with E-state index in [0.29, 0.717) is 31.9 Å². The number of aromatic hydroxyl groups is 1. The van der Waals surface area contributed by atoms with Gasteiger partial charge in [-0.05, 0) is 6.07 Å². The maximum atomic E-state index is 11.9. The largest absolute Gasteiger partial charge is 0.508 e. The maximum Gasteiger partial charge on any atom is 0.279 e. The average Bonchev–Trinajstić information content (AvgIpc) is 2.39. The summed E-state index contributed by atoms with van der Waals surface area (Å²) in [6.07, 6.45) is 0. The summed E-state index contributed by atoms with van der Waals surface area (Å²) in [6, 6.07) is 6.64. The zero-order chi connectivity index (χ0) is 13.0. The molecule has 1 fully saturated rings. The summed E-state index contributed by atoms with van der Waals surface area (Å²) in [5.41, 5.74) is 0.550. The molecule has 1 aromatic carbocycles. The number of phenols is 1. The number of ether oxygens (including phenoxy) is 1. The average molecular weight is 272 g/mol. The van der Waals surface area contributed by atoms with E-state index in [1.165, 1.54) is 10.4 Å². The highest BCUT2D eigenvalue weighted by Crippen LogP contribution is 2.15. The first-order valence-electron chi connectivity index (χ1n) is 5.69. The first-order valence-corrected chi connectivity index (χ1v) is 7.13. The molecule has 2 N–H and O–H groups in total. The highest BCUT2D eigenvalue weighted by molar-refractivity contribution is 7.87. The summed E-state index contributed by atoms with van der Waals surface area (Å²) in [5.74, 6) is 0.0853. The van der Waals surface area contributed by atoms with Crippen molar-refractivity contribution >= 4 is 10.2 Å². The van der Waals surface area contributed by atoms with Crippen molar-refractivity contribution < 1.29 is 18.3 Å². The van der Waals surface area contributed by atoms with Crippen LogP contribution in [-0.4, -0.2) is 44.1 Å². The van der Waals surface area contributed by atoms with Crippen molar-refractivity contribution in [3.05, 3.63) is 29.8 Å². The summed E-state index contributed by atoms with van der Waals surface area (Å²) in [5, 5.41) is 9.55. The predicted octanol–water partition coefficient (Wildman–Crippen LogP) is 0.0588. The van der Waals surface area contributed by atoms with Crippen molar-refractivity contribution in [3.63, 3.8) is 0 Å². The molecule has 1 aromatic rings. The third-order valence-electron chi connectivity index (χ3n) is 2.75. The Hall–Kier alpha value is -1.15. The smallest absolute Gasteiger partial charge is 0.279 e. The van der Waals surface area contributed by atoms with Crippen LogP contribution < -0.4 is 4.72 Å². The zero-order valence-electron chi connectivity index (χ0n) is 9.87. The number of nitrogens with one attached hydrogen (secondary N) is 1. The van der Waals surface area contributed by atoms with Gasteiger partial charge in [0.1, 0.15) is 5.75 Å². The van der Waals surface area contributed by atoms with Crippen molar-refractivity contribution in [2.24, 2.45) is 0 Å². The monoisotopic (exact) mass is 272 g/mol.